The van der Waals surface area contributed by atoms with Crippen LogP contribution in [0.4, 0.5) is 0 Å². The van der Waals surface area contributed by atoms with E-state index in [1.165, 1.54) is 0 Å². The number of hydrogen-bond acceptors (Lipinski definition) is 2. The first-order valence-electron chi connectivity index (χ1n) is 6.14. The highest BCUT2D eigenvalue weighted by Gasteiger charge is 2.36. The molecule has 1 aliphatic rings. The highest BCUT2D eigenvalue weighted by molar-refractivity contribution is 5.89. The Bertz CT molecular complexity index is 249. The molecule has 0 spiro atoms. The lowest BCUT2D eigenvalue weighted by Gasteiger charge is -2.22. The molecule has 1 rings (SSSR count). The number of carbonyl (C=O) groups is 2. The average Bonchev–Trinajstić information content (AvgIpc) is 2.98. The van der Waals surface area contributed by atoms with Crippen molar-refractivity contribution < 1.29 is 9.59 Å². The van der Waals surface area contributed by atoms with Crippen LogP contribution in [0.5, 0.6) is 0 Å². The molecule has 94 valence electrons. The number of ketones is 1. The van der Waals surface area contributed by atoms with E-state index in [0.717, 1.165) is 12.8 Å². The summed E-state index contributed by atoms with van der Waals surface area (Å²) in [5.74, 6) is 0.425. The third-order valence-electron chi connectivity index (χ3n) is 2.50. The van der Waals surface area contributed by atoms with Crippen LogP contribution in [-0.2, 0) is 9.59 Å². The van der Waals surface area contributed by atoms with E-state index < -0.39 is 5.41 Å². The first-order valence-corrected chi connectivity index (χ1v) is 6.14. The summed E-state index contributed by atoms with van der Waals surface area (Å²) in [6.07, 6.45) is 2.13. The van der Waals surface area contributed by atoms with Crippen molar-refractivity contribution in [3.63, 3.8) is 0 Å². The van der Waals surface area contributed by atoms with E-state index >= 15 is 0 Å². The van der Waals surface area contributed by atoms with Gasteiger partial charge in [-0.1, -0.05) is 34.6 Å². The lowest BCUT2D eigenvalue weighted by atomic mass is 9.94. The van der Waals surface area contributed by atoms with Crippen LogP contribution in [-0.4, -0.2) is 17.7 Å². The molecule has 3 heteroatoms. The molecule has 1 atom stereocenters. The number of amides is 1. The molecular weight excluding hydrogens is 202 g/mol. The maximum atomic E-state index is 11.6. The maximum Gasteiger partial charge on any atom is 0.225 e. The zero-order valence-corrected chi connectivity index (χ0v) is 11.4. The zero-order valence-electron chi connectivity index (χ0n) is 11.4. The van der Waals surface area contributed by atoms with Gasteiger partial charge in [-0.15, -0.1) is 0 Å². The van der Waals surface area contributed by atoms with Crippen LogP contribution in [0.2, 0.25) is 0 Å². The Balaban J connectivity index is 0.00000106. The SMILES string of the molecule is CC.CC(=O)C(NC(=O)C(C)(C)C)C1CC1. The molecule has 1 unspecified atom stereocenters. The van der Waals surface area contributed by atoms with Crippen LogP contribution >= 0.6 is 0 Å². The summed E-state index contributed by atoms with van der Waals surface area (Å²) in [6.45, 7) is 11.1. The molecular formula is C13H25NO2. The number of carbonyl (C=O) groups excluding carboxylic acids is 2. The van der Waals surface area contributed by atoms with Crippen molar-refractivity contribution in [3.05, 3.63) is 0 Å². The van der Waals surface area contributed by atoms with Gasteiger partial charge < -0.3 is 5.32 Å². The summed E-state index contributed by atoms with van der Waals surface area (Å²) in [5.41, 5.74) is -0.414. The van der Waals surface area contributed by atoms with E-state index in [1.807, 2.05) is 34.6 Å². The summed E-state index contributed by atoms with van der Waals surface area (Å²) < 4.78 is 0. The van der Waals surface area contributed by atoms with Crippen molar-refractivity contribution in [1.82, 2.24) is 5.32 Å². The average molecular weight is 227 g/mol. The van der Waals surface area contributed by atoms with Crippen LogP contribution in [0.3, 0.4) is 0 Å². The Morgan fingerprint density at radius 1 is 1.19 bits per heavy atom. The van der Waals surface area contributed by atoms with Gasteiger partial charge in [-0.25, -0.2) is 0 Å². The van der Waals surface area contributed by atoms with Crippen LogP contribution < -0.4 is 5.32 Å². The second-order valence-electron chi connectivity index (χ2n) is 5.15. The third kappa shape index (κ3) is 4.77. The highest BCUT2D eigenvalue weighted by atomic mass is 16.2. The first kappa shape index (κ1) is 15.1. The zero-order chi connectivity index (χ0) is 12.9. The van der Waals surface area contributed by atoms with Crippen molar-refractivity contribution >= 4 is 11.7 Å². The van der Waals surface area contributed by atoms with Gasteiger partial charge in [-0.2, -0.15) is 0 Å². The third-order valence-corrected chi connectivity index (χ3v) is 2.50. The molecule has 1 fully saturated rings. The van der Waals surface area contributed by atoms with E-state index in [4.69, 9.17) is 0 Å². The number of hydrogen-bond donors (Lipinski definition) is 1. The van der Waals surface area contributed by atoms with Gasteiger partial charge in [0.15, 0.2) is 5.78 Å². The molecule has 0 saturated heterocycles. The summed E-state index contributed by atoms with van der Waals surface area (Å²) >= 11 is 0. The second kappa shape index (κ2) is 6.02. The van der Waals surface area contributed by atoms with Crippen LogP contribution in [0.1, 0.15) is 54.4 Å². The molecule has 1 N–H and O–H groups in total. The van der Waals surface area contributed by atoms with Gasteiger partial charge in [-0.05, 0) is 25.7 Å². The largest absolute Gasteiger partial charge is 0.346 e. The standard InChI is InChI=1S/C11H19NO2.C2H6/c1-7(13)9(8-5-6-8)12-10(14)11(2,3)4;1-2/h8-9H,5-6H2,1-4H3,(H,12,14);1-2H3. The van der Waals surface area contributed by atoms with E-state index in [1.54, 1.807) is 6.92 Å². The van der Waals surface area contributed by atoms with Crippen LogP contribution in [0.25, 0.3) is 0 Å². The number of nitrogens with one attached hydrogen (secondary N) is 1. The van der Waals surface area contributed by atoms with Crippen LogP contribution in [0.15, 0.2) is 0 Å². The molecule has 0 aromatic heterocycles. The Kier molecular flexibility index (Phi) is 5.70. The molecule has 1 aliphatic carbocycles. The molecule has 0 bridgehead atoms. The van der Waals surface area contributed by atoms with Crippen molar-refractivity contribution in [2.75, 3.05) is 0 Å². The fourth-order valence-corrected chi connectivity index (χ4v) is 1.34. The Labute approximate surface area is 99.0 Å². The highest BCUT2D eigenvalue weighted by Crippen LogP contribution is 2.33. The van der Waals surface area contributed by atoms with Crippen molar-refractivity contribution in [1.29, 1.82) is 0 Å². The second-order valence-corrected chi connectivity index (χ2v) is 5.15. The van der Waals surface area contributed by atoms with Crippen molar-refractivity contribution in [2.24, 2.45) is 11.3 Å². The molecule has 0 aromatic rings. The quantitative estimate of drug-likeness (QED) is 0.805. The van der Waals surface area contributed by atoms with Gasteiger partial charge in [0.05, 0.1) is 6.04 Å². The maximum absolute atomic E-state index is 11.6. The van der Waals surface area contributed by atoms with E-state index in [0.29, 0.717) is 5.92 Å². The first-order chi connectivity index (χ1) is 7.32. The van der Waals surface area contributed by atoms with Gasteiger partial charge >= 0.3 is 0 Å². The minimum atomic E-state index is -0.414. The van der Waals surface area contributed by atoms with Gasteiger partial charge in [-0.3, -0.25) is 9.59 Å². The van der Waals surface area contributed by atoms with E-state index in [2.05, 4.69) is 5.32 Å². The van der Waals surface area contributed by atoms with Gasteiger partial charge in [0.1, 0.15) is 0 Å². The molecule has 0 radical (unpaired) electrons. The molecule has 0 heterocycles. The van der Waals surface area contributed by atoms with E-state index in [9.17, 15) is 9.59 Å². The monoisotopic (exact) mass is 227 g/mol. The smallest absolute Gasteiger partial charge is 0.225 e. The molecule has 1 amide bonds. The normalized spacial score (nSPS) is 16.9. The minimum absolute atomic E-state index is 0.0374. The summed E-state index contributed by atoms with van der Waals surface area (Å²) in [4.78, 5) is 22.9. The lowest BCUT2D eigenvalue weighted by Crippen LogP contribution is -2.46. The summed E-state index contributed by atoms with van der Waals surface area (Å²) in [6, 6.07) is -0.248. The predicted octanol–water partition coefficient (Wildman–Crippen LogP) is 2.54. The fourth-order valence-electron chi connectivity index (χ4n) is 1.34. The predicted molar refractivity (Wildman–Crippen MR) is 66.1 cm³/mol. The summed E-state index contributed by atoms with van der Waals surface area (Å²) in [5, 5.41) is 2.83. The molecule has 0 aliphatic heterocycles. The fraction of sp³-hybridized carbons (Fsp3) is 0.846. The van der Waals surface area contributed by atoms with Crippen molar-refractivity contribution in [2.45, 2.75) is 60.4 Å². The Morgan fingerprint density at radius 3 is 1.88 bits per heavy atom. The Morgan fingerprint density at radius 2 is 1.62 bits per heavy atom. The number of Topliss-reactive ketones (excluding diaryl/α,β-unsaturated/α-hetero) is 1. The summed E-state index contributed by atoms with van der Waals surface area (Å²) in [7, 11) is 0. The van der Waals surface area contributed by atoms with E-state index in [-0.39, 0.29) is 17.7 Å². The number of rotatable bonds is 3. The lowest BCUT2D eigenvalue weighted by molar-refractivity contribution is -0.132. The van der Waals surface area contributed by atoms with Crippen LogP contribution in [0, 0.1) is 11.3 Å². The van der Waals surface area contributed by atoms with Crippen molar-refractivity contribution in [3.8, 4) is 0 Å². The molecule has 3 nitrogen and oxygen atoms in total. The molecule has 1 saturated carbocycles. The molecule has 0 aromatic carbocycles. The topological polar surface area (TPSA) is 46.2 Å². The Hall–Kier alpha value is -0.860. The minimum Gasteiger partial charge on any atom is -0.346 e. The van der Waals surface area contributed by atoms with Gasteiger partial charge in [0, 0.05) is 5.41 Å². The molecule has 16 heavy (non-hydrogen) atoms. The van der Waals surface area contributed by atoms with Gasteiger partial charge in [0.25, 0.3) is 0 Å². The van der Waals surface area contributed by atoms with Gasteiger partial charge in [0.2, 0.25) is 5.91 Å².